The summed E-state index contributed by atoms with van der Waals surface area (Å²) in [5.74, 6) is 0.750. The van der Waals surface area contributed by atoms with Crippen LogP contribution >= 0.6 is 0 Å². The Morgan fingerprint density at radius 1 is 1.15 bits per heavy atom. The fraction of sp³-hybridized carbons (Fsp3) is 0.389. The minimum Gasteiger partial charge on any atom is -0.309 e. The van der Waals surface area contributed by atoms with Crippen molar-refractivity contribution in [2.75, 3.05) is 7.05 Å². The number of aryl methyl sites for hydroxylation is 1. The summed E-state index contributed by atoms with van der Waals surface area (Å²) in [6.45, 7) is 2.03. The van der Waals surface area contributed by atoms with Gasteiger partial charge >= 0.3 is 0 Å². The van der Waals surface area contributed by atoms with Crippen molar-refractivity contribution in [1.82, 2.24) is 10.3 Å². The van der Waals surface area contributed by atoms with Gasteiger partial charge in [0.2, 0.25) is 0 Å². The van der Waals surface area contributed by atoms with Crippen LogP contribution in [0, 0.1) is 6.92 Å². The van der Waals surface area contributed by atoms with Gasteiger partial charge in [-0.15, -0.1) is 0 Å². The Bertz CT molecular complexity index is 570. The Labute approximate surface area is 121 Å². The highest BCUT2D eigenvalue weighted by atomic mass is 14.9. The molecule has 1 heterocycles. The Morgan fingerprint density at radius 3 is 2.55 bits per heavy atom. The first kappa shape index (κ1) is 13.3. The van der Waals surface area contributed by atoms with Gasteiger partial charge in [-0.3, -0.25) is 4.98 Å². The van der Waals surface area contributed by atoms with Crippen LogP contribution in [0.4, 0.5) is 0 Å². The van der Waals surface area contributed by atoms with Crippen molar-refractivity contribution < 1.29 is 0 Å². The Morgan fingerprint density at radius 2 is 1.95 bits per heavy atom. The maximum Gasteiger partial charge on any atom is 0.0592 e. The van der Waals surface area contributed by atoms with E-state index in [4.69, 9.17) is 0 Å². The van der Waals surface area contributed by atoms with Gasteiger partial charge in [-0.05, 0) is 55.5 Å². The Kier molecular flexibility index (Phi) is 3.83. The van der Waals surface area contributed by atoms with Crippen LogP contribution in [0.25, 0.3) is 0 Å². The van der Waals surface area contributed by atoms with E-state index in [0.717, 1.165) is 11.6 Å². The van der Waals surface area contributed by atoms with Gasteiger partial charge in [0, 0.05) is 11.9 Å². The van der Waals surface area contributed by atoms with Crippen LogP contribution in [0.2, 0.25) is 0 Å². The van der Waals surface area contributed by atoms with Crippen molar-refractivity contribution in [2.24, 2.45) is 0 Å². The summed E-state index contributed by atoms with van der Waals surface area (Å²) < 4.78 is 0. The fourth-order valence-corrected chi connectivity index (χ4v) is 3.02. The topological polar surface area (TPSA) is 24.9 Å². The molecular weight excluding hydrogens is 244 g/mol. The number of benzene rings is 1. The monoisotopic (exact) mass is 266 g/mol. The minimum absolute atomic E-state index is 0.236. The highest BCUT2D eigenvalue weighted by Gasteiger charge is 2.25. The average Bonchev–Trinajstić information content (AvgIpc) is 2.41. The van der Waals surface area contributed by atoms with E-state index in [1.165, 1.54) is 36.0 Å². The van der Waals surface area contributed by atoms with Crippen molar-refractivity contribution in [2.45, 2.75) is 38.1 Å². The third-order valence-corrected chi connectivity index (χ3v) is 4.41. The molecule has 2 aromatic rings. The predicted molar refractivity (Wildman–Crippen MR) is 82.9 cm³/mol. The van der Waals surface area contributed by atoms with Crippen molar-refractivity contribution in [3.63, 3.8) is 0 Å². The number of hydrogen-bond acceptors (Lipinski definition) is 2. The van der Waals surface area contributed by atoms with Gasteiger partial charge in [-0.1, -0.05) is 36.8 Å². The summed E-state index contributed by atoms with van der Waals surface area (Å²) in [6, 6.07) is 13.4. The quantitative estimate of drug-likeness (QED) is 0.906. The molecule has 1 atom stereocenters. The molecule has 20 heavy (non-hydrogen) atoms. The summed E-state index contributed by atoms with van der Waals surface area (Å²) in [7, 11) is 2.03. The van der Waals surface area contributed by atoms with Crippen LogP contribution in [0.15, 0.2) is 42.6 Å². The summed E-state index contributed by atoms with van der Waals surface area (Å²) >= 11 is 0. The van der Waals surface area contributed by atoms with Gasteiger partial charge < -0.3 is 5.32 Å². The number of aromatic nitrogens is 1. The standard InChI is InChI=1S/C18H22N2/c1-13-10-11-15(12-20-13)18(19-2)17-9-4-3-8-16(17)14-6-5-7-14/h3-4,8-12,14,18-19H,5-7H2,1-2H3. The zero-order chi connectivity index (χ0) is 13.9. The van der Waals surface area contributed by atoms with Crippen LogP contribution in [0.5, 0.6) is 0 Å². The number of pyridine rings is 1. The molecular formula is C18H22N2. The lowest BCUT2D eigenvalue weighted by molar-refractivity contribution is 0.415. The molecule has 2 nitrogen and oxygen atoms in total. The van der Waals surface area contributed by atoms with Gasteiger partial charge in [-0.2, -0.15) is 0 Å². The van der Waals surface area contributed by atoms with Gasteiger partial charge in [0.25, 0.3) is 0 Å². The van der Waals surface area contributed by atoms with E-state index < -0.39 is 0 Å². The Balaban J connectivity index is 1.98. The van der Waals surface area contributed by atoms with Crippen molar-refractivity contribution >= 4 is 0 Å². The van der Waals surface area contributed by atoms with Crippen LogP contribution in [0.1, 0.15) is 53.6 Å². The van der Waals surface area contributed by atoms with Gasteiger partial charge in [-0.25, -0.2) is 0 Å². The molecule has 1 fully saturated rings. The molecule has 1 unspecified atom stereocenters. The molecule has 1 aliphatic carbocycles. The van der Waals surface area contributed by atoms with Crippen LogP contribution in [-0.2, 0) is 0 Å². The predicted octanol–water partition coefficient (Wildman–Crippen LogP) is 3.97. The summed E-state index contributed by atoms with van der Waals surface area (Å²) in [5.41, 5.74) is 5.23. The highest BCUT2D eigenvalue weighted by Crippen LogP contribution is 2.40. The molecule has 1 N–H and O–H groups in total. The second-order valence-corrected chi connectivity index (χ2v) is 5.71. The lowest BCUT2D eigenvalue weighted by Gasteiger charge is -2.30. The first-order valence-corrected chi connectivity index (χ1v) is 7.48. The molecule has 104 valence electrons. The van der Waals surface area contributed by atoms with Crippen LogP contribution in [0.3, 0.4) is 0 Å². The van der Waals surface area contributed by atoms with E-state index in [2.05, 4.69) is 46.7 Å². The second-order valence-electron chi connectivity index (χ2n) is 5.71. The molecule has 0 radical (unpaired) electrons. The largest absolute Gasteiger partial charge is 0.309 e. The van der Waals surface area contributed by atoms with E-state index in [1.807, 2.05) is 20.2 Å². The number of nitrogens with zero attached hydrogens (tertiary/aromatic N) is 1. The maximum atomic E-state index is 4.44. The molecule has 1 saturated carbocycles. The third-order valence-electron chi connectivity index (χ3n) is 4.41. The van der Waals surface area contributed by atoms with Crippen molar-refractivity contribution in [1.29, 1.82) is 0 Å². The fourth-order valence-electron chi connectivity index (χ4n) is 3.02. The lowest BCUT2D eigenvalue weighted by atomic mass is 9.76. The number of hydrogen-bond donors (Lipinski definition) is 1. The molecule has 1 aliphatic rings. The molecule has 0 amide bonds. The second kappa shape index (κ2) is 5.76. The number of rotatable bonds is 4. The summed E-state index contributed by atoms with van der Waals surface area (Å²) in [6.07, 6.45) is 6.03. The molecule has 0 aliphatic heterocycles. The number of nitrogens with one attached hydrogen (secondary N) is 1. The van der Waals surface area contributed by atoms with E-state index in [1.54, 1.807) is 0 Å². The highest BCUT2D eigenvalue weighted by molar-refractivity contribution is 5.39. The Hall–Kier alpha value is -1.67. The van der Waals surface area contributed by atoms with Gasteiger partial charge in [0.05, 0.1) is 6.04 Å². The maximum absolute atomic E-state index is 4.44. The first-order chi connectivity index (χ1) is 9.79. The van der Waals surface area contributed by atoms with Crippen molar-refractivity contribution in [3.05, 3.63) is 65.0 Å². The lowest BCUT2D eigenvalue weighted by Crippen LogP contribution is -2.21. The third kappa shape index (κ3) is 2.48. The molecule has 1 aromatic heterocycles. The summed E-state index contributed by atoms with van der Waals surface area (Å²) in [5, 5.41) is 3.46. The SMILES string of the molecule is CNC(c1ccc(C)nc1)c1ccccc1C1CCC1. The van der Waals surface area contributed by atoms with E-state index in [-0.39, 0.29) is 6.04 Å². The molecule has 0 saturated heterocycles. The minimum atomic E-state index is 0.236. The van der Waals surface area contributed by atoms with Crippen molar-refractivity contribution in [3.8, 4) is 0 Å². The zero-order valence-corrected chi connectivity index (χ0v) is 12.3. The van der Waals surface area contributed by atoms with Crippen LogP contribution in [-0.4, -0.2) is 12.0 Å². The normalized spacial score (nSPS) is 16.7. The van der Waals surface area contributed by atoms with Gasteiger partial charge in [0.15, 0.2) is 0 Å². The first-order valence-electron chi connectivity index (χ1n) is 7.48. The molecule has 1 aromatic carbocycles. The molecule has 0 bridgehead atoms. The summed E-state index contributed by atoms with van der Waals surface area (Å²) in [4.78, 5) is 4.44. The van der Waals surface area contributed by atoms with Gasteiger partial charge in [0.1, 0.15) is 0 Å². The average molecular weight is 266 g/mol. The van der Waals surface area contributed by atoms with E-state index in [0.29, 0.717) is 0 Å². The van der Waals surface area contributed by atoms with Crippen LogP contribution < -0.4 is 5.32 Å². The zero-order valence-electron chi connectivity index (χ0n) is 12.3. The smallest absolute Gasteiger partial charge is 0.0592 e. The molecule has 3 rings (SSSR count). The molecule has 2 heteroatoms. The van der Waals surface area contributed by atoms with E-state index >= 15 is 0 Å². The van der Waals surface area contributed by atoms with E-state index in [9.17, 15) is 0 Å². The molecule has 0 spiro atoms.